The second kappa shape index (κ2) is 6.70. The van der Waals surface area contributed by atoms with E-state index in [0.29, 0.717) is 6.04 Å². The molecule has 1 aromatic carbocycles. The van der Waals surface area contributed by atoms with Crippen molar-refractivity contribution in [2.75, 3.05) is 39.4 Å². The van der Waals surface area contributed by atoms with Gasteiger partial charge in [0.15, 0.2) is 0 Å². The van der Waals surface area contributed by atoms with Crippen LogP contribution >= 0.6 is 0 Å². The van der Waals surface area contributed by atoms with Crippen LogP contribution in [0.25, 0.3) is 0 Å². The van der Waals surface area contributed by atoms with Crippen molar-refractivity contribution in [3.8, 4) is 0 Å². The Morgan fingerprint density at radius 3 is 2.55 bits per heavy atom. The monoisotopic (exact) mass is 274 g/mol. The molecule has 2 heterocycles. The molecular formula is C17H26N2O. The minimum atomic E-state index is 0.571. The highest BCUT2D eigenvalue weighted by Gasteiger charge is 2.31. The lowest BCUT2D eigenvalue weighted by Gasteiger charge is -2.41. The maximum Gasteiger partial charge on any atom is 0.0469 e. The lowest BCUT2D eigenvalue weighted by molar-refractivity contribution is 0.0211. The average molecular weight is 274 g/mol. The molecule has 0 unspecified atom stereocenters. The first kappa shape index (κ1) is 14.1. The SMILES string of the molecule is Cc1ccccc1[C@@H](C1CCOCC1)N1CCNCC1. The third-order valence-corrected chi connectivity index (χ3v) is 4.76. The van der Waals surface area contributed by atoms with E-state index in [1.807, 2.05) is 0 Å². The summed E-state index contributed by atoms with van der Waals surface area (Å²) in [6.07, 6.45) is 2.39. The summed E-state index contributed by atoms with van der Waals surface area (Å²) in [5, 5.41) is 3.47. The van der Waals surface area contributed by atoms with Gasteiger partial charge in [-0.05, 0) is 36.8 Å². The van der Waals surface area contributed by atoms with Crippen LogP contribution < -0.4 is 5.32 Å². The van der Waals surface area contributed by atoms with Gasteiger partial charge in [0.1, 0.15) is 0 Å². The Morgan fingerprint density at radius 1 is 1.15 bits per heavy atom. The number of ether oxygens (including phenoxy) is 1. The Balaban J connectivity index is 1.87. The highest BCUT2D eigenvalue weighted by atomic mass is 16.5. The first-order chi connectivity index (χ1) is 9.86. The summed E-state index contributed by atoms with van der Waals surface area (Å²) in [4.78, 5) is 2.69. The Kier molecular flexibility index (Phi) is 4.71. The Morgan fingerprint density at radius 2 is 1.85 bits per heavy atom. The summed E-state index contributed by atoms with van der Waals surface area (Å²) in [6, 6.07) is 9.50. The van der Waals surface area contributed by atoms with Gasteiger partial charge in [0.2, 0.25) is 0 Å². The summed E-state index contributed by atoms with van der Waals surface area (Å²) in [7, 11) is 0. The Hall–Kier alpha value is -0.900. The van der Waals surface area contributed by atoms with Crippen molar-refractivity contribution in [1.29, 1.82) is 0 Å². The molecule has 0 aliphatic carbocycles. The standard InChI is InChI=1S/C17H26N2O/c1-14-4-2-3-5-16(14)17(15-6-12-20-13-7-15)19-10-8-18-9-11-19/h2-5,15,17-18H,6-13H2,1H3/t17-/m1/s1. The fourth-order valence-corrected chi connectivity index (χ4v) is 3.66. The molecule has 2 saturated heterocycles. The minimum absolute atomic E-state index is 0.571. The van der Waals surface area contributed by atoms with Crippen LogP contribution in [0.5, 0.6) is 0 Å². The maximum absolute atomic E-state index is 5.57. The predicted molar refractivity (Wildman–Crippen MR) is 81.9 cm³/mol. The van der Waals surface area contributed by atoms with E-state index in [4.69, 9.17) is 4.74 Å². The smallest absolute Gasteiger partial charge is 0.0469 e. The van der Waals surface area contributed by atoms with Gasteiger partial charge in [0, 0.05) is 45.4 Å². The lowest BCUT2D eigenvalue weighted by Crippen LogP contribution is -2.47. The van der Waals surface area contributed by atoms with Gasteiger partial charge in [-0.2, -0.15) is 0 Å². The fourth-order valence-electron chi connectivity index (χ4n) is 3.66. The molecule has 0 bridgehead atoms. The molecule has 3 rings (SSSR count). The maximum atomic E-state index is 5.57. The van der Waals surface area contributed by atoms with Crippen molar-refractivity contribution in [3.63, 3.8) is 0 Å². The van der Waals surface area contributed by atoms with Crippen molar-refractivity contribution in [2.24, 2.45) is 5.92 Å². The molecule has 3 heteroatoms. The van der Waals surface area contributed by atoms with Crippen LogP contribution in [0.1, 0.15) is 30.0 Å². The van der Waals surface area contributed by atoms with E-state index in [1.54, 1.807) is 0 Å². The summed E-state index contributed by atoms with van der Waals surface area (Å²) in [6.45, 7) is 8.67. The van der Waals surface area contributed by atoms with Gasteiger partial charge in [-0.3, -0.25) is 4.90 Å². The predicted octanol–water partition coefficient (Wildman–Crippen LogP) is 2.37. The van der Waals surface area contributed by atoms with Gasteiger partial charge in [-0.25, -0.2) is 0 Å². The van der Waals surface area contributed by atoms with Gasteiger partial charge >= 0.3 is 0 Å². The second-order valence-electron chi connectivity index (χ2n) is 6.04. The molecule has 1 atom stereocenters. The number of piperazine rings is 1. The van der Waals surface area contributed by atoms with Gasteiger partial charge in [0.05, 0.1) is 0 Å². The van der Waals surface area contributed by atoms with E-state index < -0.39 is 0 Å². The van der Waals surface area contributed by atoms with E-state index in [1.165, 1.54) is 24.0 Å². The summed E-state index contributed by atoms with van der Waals surface area (Å²) in [5.41, 5.74) is 2.96. The van der Waals surface area contributed by atoms with Crippen LogP contribution in [-0.4, -0.2) is 44.3 Å². The molecule has 0 spiro atoms. The largest absolute Gasteiger partial charge is 0.381 e. The van der Waals surface area contributed by atoms with Crippen LogP contribution in [0.2, 0.25) is 0 Å². The highest BCUT2D eigenvalue weighted by Crippen LogP contribution is 2.36. The van der Waals surface area contributed by atoms with Crippen LogP contribution in [-0.2, 0) is 4.74 Å². The molecule has 0 saturated carbocycles. The second-order valence-corrected chi connectivity index (χ2v) is 6.04. The Labute approximate surface area is 122 Å². The quantitative estimate of drug-likeness (QED) is 0.916. The summed E-state index contributed by atoms with van der Waals surface area (Å²) < 4.78 is 5.57. The van der Waals surface area contributed by atoms with Crippen molar-refractivity contribution >= 4 is 0 Å². The van der Waals surface area contributed by atoms with E-state index in [-0.39, 0.29) is 0 Å². The molecule has 0 radical (unpaired) electrons. The summed E-state index contributed by atoms with van der Waals surface area (Å²) >= 11 is 0. The van der Waals surface area contributed by atoms with Crippen molar-refractivity contribution in [2.45, 2.75) is 25.8 Å². The van der Waals surface area contributed by atoms with Crippen molar-refractivity contribution in [1.82, 2.24) is 10.2 Å². The average Bonchev–Trinajstić information content (AvgIpc) is 2.52. The van der Waals surface area contributed by atoms with Gasteiger partial charge in [-0.1, -0.05) is 24.3 Å². The number of nitrogens with zero attached hydrogens (tertiary/aromatic N) is 1. The normalized spacial score (nSPS) is 23.6. The zero-order chi connectivity index (χ0) is 13.8. The van der Waals surface area contributed by atoms with Crippen LogP contribution in [0.3, 0.4) is 0 Å². The van der Waals surface area contributed by atoms with Crippen LogP contribution in [0.4, 0.5) is 0 Å². The minimum Gasteiger partial charge on any atom is -0.381 e. The molecule has 0 amide bonds. The third kappa shape index (κ3) is 3.05. The van der Waals surface area contributed by atoms with E-state index >= 15 is 0 Å². The highest BCUT2D eigenvalue weighted by molar-refractivity contribution is 5.29. The molecule has 2 fully saturated rings. The Bertz CT molecular complexity index is 405. The van der Waals surface area contributed by atoms with Gasteiger partial charge in [-0.15, -0.1) is 0 Å². The number of hydrogen-bond donors (Lipinski definition) is 1. The molecular weight excluding hydrogens is 248 g/mol. The zero-order valence-corrected chi connectivity index (χ0v) is 12.5. The lowest BCUT2D eigenvalue weighted by atomic mass is 9.84. The van der Waals surface area contributed by atoms with Gasteiger partial charge < -0.3 is 10.1 Å². The van der Waals surface area contributed by atoms with Crippen LogP contribution in [0, 0.1) is 12.8 Å². The fraction of sp³-hybridized carbons (Fsp3) is 0.647. The number of hydrogen-bond acceptors (Lipinski definition) is 3. The number of rotatable bonds is 3. The molecule has 0 aromatic heterocycles. The summed E-state index contributed by atoms with van der Waals surface area (Å²) in [5.74, 6) is 0.739. The number of aryl methyl sites for hydroxylation is 1. The van der Waals surface area contributed by atoms with E-state index in [2.05, 4.69) is 41.4 Å². The van der Waals surface area contributed by atoms with E-state index in [9.17, 15) is 0 Å². The first-order valence-electron chi connectivity index (χ1n) is 7.94. The number of nitrogens with one attached hydrogen (secondary N) is 1. The first-order valence-corrected chi connectivity index (χ1v) is 7.94. The van der Waals surface area contributed by atoms with Gasteiger partial charge in [0.25, 0.3) is 0 Å². The zero-order valence-electron chi connectivity index (χ0n) is 12.5. The topological polar surface area (TPSA) is 24.5 Å². The van der Waals surface area contributed by atoms with Crippen molar-refractivity contribution in [3.05, 3.63) is 35.4 Å². The molecule has 2 aliphatic heterocycles. The van der Waals surface area contributed by atoms with Crippen LogP contribution in [0.15, 0.2) is 24.3 Å². The van der Waals surface area contributed by atoms with E-state index in [0.717, 1.165) is 45.3 Å². The number of benzene rings is 1. The molecule has 1 N–H and O–H groups in total. The molecule has 3 nitrogen and oxygen atoms in total. The molecule has 2 aliphatic rings. The molecule has 20 heavy (non-hydrogen) atoms. The third-order valence-electron chi connectivity index (χ3n) is 4.76. The molecule has 1 aromatic rings. The van der Waals surface area contributed by atoms with Crippen molar-refractivity contribution < 1.29 is 4.74 Å². The molecule has 110 valence electrons.